The maximum atomic E-state index is 12.4. The van der Waals surface area contributed by atoms with E-state index < -0.39 is 0 Å². The molecule has 2 heterocycles. The van der Waals surface area contributed by atoms with Crippen LogP contribution in [0.2, 0.25) is 5.02 Å². The molecule has 0 aliphatic rings. The zero-order valence-corrected chi connectivity index (χ0v) is 15.7. The predicted octanol–water partition coefficient (Wildman–Crippen LogP) is 4.98. The highest BCUT2D eigenvalue weighted by atomic mass is 35.5. The third-order valence-corrected chi connectivity index (χ3v) is 5.23. The van der Waals surface area contributed by atoms with Crippen molar-refractivity contribution in [2.45, 2.75) is 13.8 Å². The lowest BCUT2D eigenvalue weighted by atomic mass is 10.0. The van der Waals surface area contributed by atoms with Gasteiger partial charge in [-0.05, 0) is 31.5 Å². The Morgan fingerprint density at radius 1 is 1.19 bits per heavy atom. The molecule has 0 spiro atoms. The van der Waals surface area contributed by atoms with E-state index in [0.717, 1.165) is 16.2 Å². The van der Waals surface area contributed by atoms with Gasteiger partial charge in [-0.15, -0.1) is 16.4 Å². The first kappa shape index (κ1) is 16.8. The topological polar surface area (TPSA) is 59.3 Å². The van der Waals surface area contributed by atoms with Crippen LogP contribution >= 0.6 is 22.9 Å². The van der Waals surface area contributed by atoms with Crippen molar-refractivity contribution >= 4 is 39.8 Å². The van der Waals surface area contributed by atoms with Gasteiger partial charge in [0.15, 0.2) is 0 Å². The molecule has 2 aromatic carbocycles. The summed E-state index contributed by atoms with van der Waals surface area (Å²) < 4.78 is 1.75. The molecule has 0 fully saturated rings. The highest BCUT2D eigenvalue weighted by molar-refractivity contribution is 7.15. The van der Waals surface area contributed by atoms with Crippen molar-refractivity contribution in [3.63, 3.8) is 0 Å². The number of fused-ring (bicyclic) bond motifs is 1. The van der Waals surface area contributed by atoms with Gasteiger partial charge < -0.3 is 0 Å². The summed E-state index contributed by atoms with van der Waals surface area (Å²) in [4.78, 5) is 17.5. The largest absolute Gasteiger partial charge is 0.289 e. The highest BCUT2D eigenvalue weighted by Crippen LogP contribution is 2.29. The minimum atomic E-state index is -0.332. The van der Waals surface area contributed by atoms with Crippen LogP contribution in [0.25, 0.3) is 16.2 Å². The maximum Gasteiger partial charge on any atom is 0.259 e. The van der Waals surface area contributed by atoms with Crippen molar-refractivity contribution in [3.8, 4) is 11.3 Å². The van der Waals surface area contributed by atoms with Crippen LogP contribution in [0.5, 0.6) is 0 Å². The number of anilines is 1. The molecule has 0 aliphatic carbocycles. The molecule has 2 aromatic heterocycles. The molecule has 0 unspecified atom stereocenters. The average Bonchev–Trinajstić information content (AvgIpc) is 3.16. The van der Waals surface area contributed by atoms with Crippen LogP contribution in [-0.4, -0.2) is 20.5 Å². The van der Waals surface area contributed by atoms with E-state index in [0.29, 0.717) is 10.6 Å². The lowest BCUT2D eigenvalue weighted by Crippen LogP contribution is -2.13. The highest BCUT2D eigenvalue weighted by Gasteiger charge is 2.16. The molecule has 5 nitrogen and oxygen atoms in total. The molecular weight excluding hydrogens is 368 g/mol. The molecule has 26 heavy (non-hydrogen) atoms. The van der Waals surface area contributed by atoms with E-state index in [4.69, 9.17) is 11.6 Å². The fraction of sp³-hybridized carbons (Fsp3) is 0.105. The minimum Gasteiger partial charge on any atom is -0.289 e. The Balaban J connectivity index is 1.68. The molecule has 0 radical (unpaired) electrons. The molecule has 1 amide bonds. The first-order chi connectivity index (χ1) is 12.5. The van der Waals surface area contributed by atoms with E-state index in [2.05, 4.69) is 47.4 Å². The van der Waals surface area contributed by atoms with Crippen LogP contribution in [0.15, 0.2) is 47.8 Å². The van der Waals surface area contributed by atoms with Crippen LogP contribution in [0.3, 0.4) is 0 Å². The Kier molecular flexibility index (Phi) is 4.22. The van der Waals surface area contributed by atoms with Crippen LogP contribution < -0.4 is 5.32 Å². The number of hydrogen-bond donors (Lipinski definition) is 1. The van der Waals surface area contributed by atoms with Crippen LogP contribution in [0.1, 0.15) is 21.5 Å². The number of carbonyl (C=O) groups is 1. The molecule has 0 atom stereocenters. The Morgan fingerprint density at radius 3 is 2.77 bits per heavy atom. The summed E-state index contributed by atoms with van der Waals surface area (Å²) in [5.74, 6) is -0.0743. The third-order valence-electron chi connectivity index (χ3n) is 4.08. The van der Waals surface area contributed by atoms with Crippen LogP contribution in [-0.2, 0) is 0 Å². The average molecular weight is 383 g/mol. The number of aromatic nitrogens is 3. The van der Waals surface area contributed by atoms with E-state index in [1.165, 1.54) is 22.5 Å². The van der Waals surface area contributed by atoms with E-state index in [9.17, 15) is 4.79 Å². The van der Waals surface area contributed by atoms with Crippen molar-refractivity contribution in [2.24, 2.45) is 0 Å². The maximum absolute atomic E-state index is 12.4. The lowest BCUT2D eigenvalue weighted by molar-refractivity contribution is 0.102. The van der Waals surface area contributed by atoms with Gasteiger partial charge in [0.2, 0.25) is 4.96 Å². The summed E-state index contributed by atoms with van der Waals surface area (Å²) >= 11 is 7.55. The van der Waals surface area contributed by atoms with Crippen molar-refractivity contribution in [1.29, 1.82) is 0 Å². The Hall–Kier alpha value is -2.70. The molecule has 130 valence electrons. The second-order valence-electron chi connectivity index (χ2n) is 6.00. The predicted molar refractivity (Wildman–Crippen MR) is 105 cm³/mol. The van der Waals surface area contributed by atoms with Gasteiger partial charge in [-0.25, -0.2) is 4.52 Å². The van der Waals surface area contributed by atoms with Gasteiger partial charge >= 0.3 is 0 Å². The minimum absolute atomic E-state index is 0.257. The lowest BCUT2D eigenvalue weighted by Gasteiger charge is -2.05. The zero-order chi connectivity index (χ0) is 18.3. The Bertz CT molecular complexity index is 1130. The number of aryl methyl sites for hydroxylation is 2. The Morgan fingerprint density at radius 2 is 2.00 bits per heavy atom. The molecular formula is C19H15ClN4OS. The van der Waals surface area contributed by atoms with E-state index in [-0.39, 0.29) is 11.9 Å². The first-order valence-electron chi connectivity index (χ1n) is 8.01. The number of carbonyl (C=O) groups excluding carboxylic acids is 1. The van der Waals surface area contributed by atoms with E-state index in [1.54, 1.807) is 28.8 Å². The summed E-state index contributed by atoms with van der Waals surface area (Å²) in [6.45, 7) is 4.14. The summed E-state index contributed by atoms with van der Waals surface area (Å²) in [7, 11) is 0. The number of benzene rings is 2. The van der Waals surface area contributed by atoms with Gasteiger partial charge in [0.05, 0.1) is 16.3 Å². The second-order valence-corrected chi connectivity index (χ2v) is 7.25. The first-order valence-corrected chi connectivity index (χ1v) is 9.26. The molecule has 4 aromatic rings. The van der Waals surface area contributed by atoms with Gasteiger partial charge in [0, 0.05) is 10.9 Å². The SMILES string of the molecule is Cc1ccc(-c2csc3nc(NC(=O)c4ccccc4Cl)nn23)c(C)c1. The van der Waals surface area contributed by atoms with Gasteiger partial charge in [-0.3, -0.25) is 10.1 Å². The second kappa shape index (κ2) is 6.55. The van der Waals surface area contributed by atoms with Crippen molar-refractivity contribution in [3.05, 3.63) is 69.6 Å². The molecule has 4 rings (SSSR count). The van der Waals surface area contributed by atoms with Crippen molar-refractivity contribution in [1.82, 2.24) is 14.6 Å². The number of nitrogens with one attached hydrogen (secondary N) is 1. The van der Waals surface area contributed by atoms with Crippen molar-refractivity contribution < 1.29 is 4.79 Å². The summed E-state index contributed by atoms with van der Waals surface area (Å²) in [5, 5.41) is 9.58. The van der Waals surface area contributed by atoms with Crippen LogP contribution in [0, 0.1) is 13.8 Å². The molecule has 0 bridgehead atoms. The van der Waals surface area contributed by atoms with Gasteiger partial charge in [0.25, 0.3) is 11.9 Å². The normalized spacial score (nSPS) is 11.0. The van der Waals surface area contributed by atoms with Gasteiger partial charge in [-0.1, -0.05) is 47.5 Å². The third kappa shape index (κ3) is 2.98. The summed E-state index contributed by atoms with van der Waals surface area (Å²) in [5.41, 5.74) is 4.82. The van der Waals surface area contributed by atoms with E-state index >= 15 is 0 Å². The fourth-order valence-corrected chi connectivity index (χ4v) is 3.88. The van der Waals surface area contributed by atoms with Gasteiger partial charge in [-0.2, -0.15) is 4.98 Å². The molecule has 1 N–H and O–H groups in total. The quantitative estimate of drug-likeness (QED) is 0.543. The number of hydrogen-bond acceptors (Lipinski definition) is 4. The summed E-state index contributed by atoms with van der Waals surface area (Å²) in [6, 6.07) is 13.2. The molecule has 0 aliphatic heterocycles. The standard InChI is InChI=1S/C19H15ClN4OS/c1-11-7-8-13(12(2)9-11)16-10-26-19-22-18(23-24(16)19)21-17(25)14-5-3-4-6-15(14)20/h3-10H,1-2H3,(H,21,23,25). The summed E-state index contributed by atoms with van der Waals surface area (Å²) in [6.07, 6.45) is 0. The smallest absolute Gasteiger partial charge is 0.259 e. The molecule has 0 saturated carbocycles. The number of halogens is 1. The monoisotopic (exact) mass is 382 g/mol. The number of rotatable bonds is 3. The number of amides is 1. The zero-order valence-electron chi connectivity index (χ0n) is 14.2. The number of nitrogens with zero attached hydrogens (tertiary/aromatic N) is 3. The van der Waals surface area contributed by atoms with E-state index in [1.807, 2.05) is 5.38 Å². The van der Waals surface area contributed by atoms with Crippen LogP contribution in [0.4, 0.5) is 5.95 Å². The number of thiazole rings is 1. The fourth-order valence-electron chi connectivity index (χ4n) is 2.84. The molecule has 7 heteroatoms. The molecule has 0 saturated heterocycles. The van der Waals surface area contributed by atoms with Gasteiger partial charge in [0.1, 0.15) is 0 Å². The van der Waals surface area contributed by atoms with Crippen molar-refractivity contribution in [2.75, 3.05) is 5.32 Å². The Labute approximate surface area is 159 Å².